The maximum absolute atomic E-state index is 13.6. The molecule has 0 saturated heterocycles. The molecule has 5 nitrogen and oxygen atoms in total. The van der Waals surface area contributed by atoms with Crippen molar-refractivity contribution in [2.75, 3.05) is 12.4 Å². The van der Waals surface area contributed by atoms with Gasteiger partial charge in [-0.05, 0) is 19.4 Å². The summed E-state index contributed by atoms with van der Waals surface area (Å²) >= 11 is 0. The van der Waals surface area contributed by atoms with Crippen LogP contribution in [0.5, 0.6) is 0 Å². The summed E-state index contributed by atoms with van der Waals surface area (Å²) < 4.78 is 31.4. The summed E-state index contributed by atoms with van der Waals surface area (Å²) in [6.07, 6.45) is 1.66. The van der Waals surface area contributed by atoms with E-state index in [4.69, 9.17) is 0 Å². The molecule has 0 spiro atoms. The zero-order valence-corrected chi connectivity index (χ0v) is 12.1. The Kier molecular flexibility index (Phi) is 6.08. The van der Waals surface area contributed by atoms with E-state index in [9.17, 15) is 18.4 Å². The molecule has 0 aliphatic heterocycles. The van der Waals surface area contributed by atoms with Gasteiger partial charge in [0.15, 0.2) is 0 Å². The van der Waals surface area contributed by atoms with Crippen LogP contribution < -0.4 is 10.6 Å². The lowest BCUT2D eigenvalue weighted by molar-refractivity contribution is 0.0595. The van der Waals surface area contributed by atoms with E-state index in [2.05, 4.69) is 15.4 Å². The van der Waals surface area contributed by atoms with Gasteiger partial charge in [-0.3, -0.25) is 0 Å². The Balaban J connectivity index is 2.88. The van der Waals surface area contributed by atoms with E-state index in [0.29, 0.717) is 6.07 Å². The number of anilines is 1. The summed E-state index contributed by atoms with van der Waals surface area (Å²) in [5, 5.41) is 4.85. The molecule has 1 rings (SSSR count). The first-order valence-corrected chi connectivity index (χ1v) is 6.53. The van der Waals surface area contributed by atoms with Gasteiger partial charge >= 0.3 is 12.0 Å². The van der Waals surface area contributed by atoms with Gasteiger partial charge in [-0.1, -0.05) is 13.3 Å². The summed E-state index contributed by atoms with van der Waals surface area (Å²) in [6, 6.07) is 0.716. The van der Waals surface area contributed by atoms with E-state index in [1.165, 1.54) is 0 Å². The van der Waals surface area contributed by atoms with Crippen LogP contribution in [0.15, 0.2) is 12.1 Å². The van der Waals surface area contributed by atoms with Gasteiger partial charge in [-0.15, -0.1) is 0 Å². The van der Waals surface area contributed by atoms with Gasteiger partial charge in [-0.25, -0.2) is 18.4 Å². The predicted molar refractivity (Wildman–Crippen MR) is 74.2 cm³/mol. The van der Waals surface area contributed by atoms with Crippen LogP contribution in [-0.2, 0) is 4.74 Å². The highest BCUT2D eigenvalue weighted by Crippen LogP contribution is 2.20. The van der Waals surface area contributed by atoms with Crippen LogP contribution in [0.4, 0.5) is 19.3 Å². The molecule has 7 heteroatoms. The van der Waals surface area contributed by atoms with Crippen molar-refractivity contribution < 1.29 is 23.1 Å². The number of urea groups is 1. The number of benzene rings is 1. The number of carbonyl (C=O) groups excluding carboxylic acids is 2. The van der Waals surface area contributed by atoms with Gasteiger partial charge in [0.05, 0.1) is 18.4 Å². The van der Waals surface area contributed by atoms with E-state index in [0.717, 1.165) is 26.0 Å². The lowest BCUT2D eigenvalue weighted by Crippen LogP contribution is -2.36. The summed E-state index contributed by atoms with van der Waals surface area (Å²) in [6.45, 7) is 3.78. The molecule has 0 aliphatic rings. The molecule has 1 aromatic carbocycles. The molecule has 0 heterocycles. The monoisotopic (exact) mass is 300 g/mol. The summed E-state index contributed by atoms with van der Waals surface area (Å²) in [4.78, 5) is 23.0. The van der Waals surface area contributed by atoms with Crippen LogP contribution in [0.25, 0.3) is 0 Å². The normalized spacial score (nSPS) is 11.7. The Morgan fingerprint density at radius 1 is 1.29 bits per heavy atom. The molecule has 1 atom stereocenters. The molecule has 0 aromatic heterocycles. The second-order valence-corrected chi connectivity index (χ2v) is 4.59. The number of nitrogens with one attached hydrogen (secondary N) is 2. The standard InChI is InChI=1S/C14H18F2N2O3/c1-4-5-8(2)17-14(20)18-12-6-9(13(19)21-3)10(15)7-11(12)16/h6-8H,4-5H2,1-3H3,(H2,17,18,20)/t8-/m1/s1. The van der Waals surface area contributed by atoms with Crippen molar-refractivity contribution in [3.8, 4) is 0 Å². The van der Waals surface area contributed by atoms with Crippen molar-refractivity contribution in [1.82, 2.24) is 5.32 Å². The van der Waals surface area contributed by atoms with E-state index in [1.54, 1.807) is 0 Å². The van der Waals surface area contributed by atoms with Crippen LogP contribution in [0.3, 0.4) is 0 Å². The average Bonchev–Trinajstić information content (AvgIpc) is 2.41. The number of rotatable bonds is 5. The molecule has 0 saturated carbocycles. The first-order valence-electron chi connectivity index (χ1n) is 6.53. The summed E-state index contributed by atoms with van der Waals surface area (Å²) in [7, 11) is 1.08. The molecule has 2 amide bonds. The van der Waals surface area contributed by atoms with Crippen molar-refractivity contribution in [2.24, 2.45) is 0 Å². The Labute approximate surface area is 121 Å². The number of hydrogen-bond acceptors (Lipinski definition) is 3. The molecule has 1 aromatic rings. The molecule has 21 heavy (non-hydrogen) atoms. The third-order valence-corrected chi connectivity index (χ3v) is 2.81. The van der Waals surface area contributed by atoms with Crippen LogP contribution in [0.2, 0.25) is 0 Å². The van der Waals surface area contributed by atoms with Crippen LogP contribution >= 0.6 is 0 Å². The van der Waals surface area contributed by atoms with E-state index < -0.39 is 29.2 Å². The van der Waals surface area contributed by atoms with Crippen molar-refractivity contribution in [1.29, 1.82) is 0 Å². The quantitative estimate of drug-likeness (QED) is 0.821. The highest BCUT2D eigenvalue weighted by atomic mass is 19.1. The number of ether oxygens (including phenoxy) is 1. The molecule has 0 aliphatic carbocycles. The van der Waals surface area contributed by atoms with Crippen molar-refractivity contribution >= 4 is 17.7 Å². The highest BCUT2D eigenvalue weighted by molar-refractivity contribution is 5.94. The predicted octanol–water partition coefficient (Wildman–Crippen LogP) is 3.06. The maximum Gasteiger partial charge on any atom is 0.340 e. The Morgan fingerprint density at radius 2 is 1.95 bits per heavy atom. The second-order valence-electron chi connectivity index (χ2n) is 4.59. The largest absolute Gasteiger partial charge is 0.465 e. The van der Waals surface area contributed by atoms with Gasteiger partial charge in [0.25, 0.3) is 0 Å². The van der Waals surface area contributed by atoms with E-state index >= 15 is 0 Å². The molecular formula is C14H18F2N2O3. The first kappa shape index (κ1) is 16.9. The van der Waals surface area contributed by atoms with E-state index in [-0.39, 0.29) is 11.7 Å². The van der Waals surface area contributed by atoms with Crippen molar-refractivity contribution in [3.63, 3.8) is 0 Å². The van der Waals surface area contributed by atoms with Gasteiger partial charge in [0.2, 0.25) is 0 Å². The Morgan fingerprint density at radius 3 is 2.52 bits per heavy atom. The number of carbonyl (C=O) groups is 2. The molecule has 116 valence electrons. The number of esters is 1. The van der Waals surface area contributed by atoms with Crippen LogP contribution in [0.1, 0.15) is 37.0 Å². The fraction of sp³-hybridized carbons (Fsp3) is 0.429. The number of halogens is 2. The van der Waals surface area contributed by atoms with Crippen LogP contribution in [-0.4, -0.2) is 25.2 Å². The fourth-order valence-corrected chi connectivity index (χ4v) is 1.80. The zero-order chi connectivity index (χ0) is 16.0. The number of hydrogen-bond donors (Lipinski definition) is 2. The SMILES string of the molecule is CCC[C@@H](C)NC(=O)Nc1cc(C(=O)OC)c(F)cc1F. The van der Waals surface area contributed by atoms with E-state index in [1.807, 2.05) is 13.8 Å². The smallest absolute Gasteiger partial charge is 0.340 e. The lowest BCUT2D eigenvalue weighted by Gasteiger charge is -2.14. The number of amides is 2. The minimum absolute atomic E-state index is 0.0846. The summed E-state index contributed by atoms with van der Waals surface area (Å²) in [5.41, 5.74) is -0.742. The second kappa shape index (κ2) is 7.56. The minimum Gasteiger partial charge on any atom is -0.465 e. The maximum atomic E-state index is 13.6. The third-order valence-electron chi connectivity index (χ3n) is 2.81. The molecule has 2 N–H and O–H groups in total. The molecule has 0 fully saturated rings. The van der Waals surface area contributed by atoms with Gasteiger partial charge in [-0.2, -0.15) is 0 Å². The molecular weight excluding hydrogens is 282 g/mol. The topological polar surface area (TPSA) is 67.4 Å². The Hall–Kier alpha value is -2.18. The first-order chi connectivity index (χ1) is 9.88. The number of methoxy groups -OCH3 is 1. The highest BCUT2D eigenvalue weighted by Gasteiger charge is 2.18. The molecule has 0 radical (unpaired) electrons. The van der Waals surface area contributed by atoms with Gasteiger partial charge < -0.3 is 15.4 Å². The van der Waals surface area contributed by atoms with Crippen molar-refractivity contribution in [3.05, 3.63) is 29.3 Å². The fourth-order valence-electron chi connectivity index (χ4n) is 1.80. The van der Waals surface area contributed by atoms with Crippen molar-refractivity contribution in [2.45, 2.75) is 32.7 Å². The third kappa shape index (κ3) is 4.70. The minimum atomic E-state index is -1.05. The van der Waals surface area contributed by atoms with Gasteiger partial charge in [0.1, 0.15) is 11.6 Å². The Bertz CT molecular complexity index is 535. The summed E-state index contributed by atoms with van der Waals surface area (Å²) in [5.74, 6) is -2.97. The molecule has 0 bridgehead atoms. The van der Waals surface area contributed by atoms with Crippen LogP contribution in [0, 0.1) is 11.6 Å². The zero-order valence-electron chi connectivity index (χ0n) is 12.1. The molecule has 0 unspecified atom stereocenters. The average molecular weight is 300 g/mol. The lowest BCUT2D eigenvalue weighted by atomic mass is 10.1. The van der Waals surface area contributed by atoms with Gasteiger partial charge in [0, 0.05) is 12.1 Å².